The van der Waals surface area contributed by atoms with Crippen LogP contribution in [0.1, 0.15) is 41.8 Å². The number of carbonyl (C=O) groups is 2. The lowest BCUT2D eigenvalue weighted by molar-refractivity contribution is -0.117. The van der Waals surface area contributed by atoms with Gasteiger partial charge >= 0.3 is 0 Å². The number of aliphatic hydroxyl groups excluding tert-OH is 1. The summed E-state index contributed by atoms with van der Waals surface area (Å²) in [5, 5.41) is 19.6. The Balaban J connectivity index is 2.41. The van der Waals surface area contributed by atoms with Crippen LogP contribution < -0.4 is 0 Å². The molecule has 4 nitrogen and oxygen atoms in total. The zero-order chi connectivity index (χ0) is 12.6. The number of phenolic OH excluding ortho intramolecular Hbond substituents is 1. The zero-order valence-electron chi connectivity index (χ0n) is 9.51. The number of carbonyl (C=O) groups excluding carboxylic acids is 2. The smallest absolute Gasteiger partial charge is 0.167 e. The van der Waals surface area contributed by atoms with Gasteiger partial charge in [-0.25, -0.2) is 0 Å². The highest BCUT2D eigenvalue weighted by atomic mass is 16.3. The maximum absolute atomic E-state index is 12.1. The highest BCUT2D eigenvalue weighted by Crippen LogP contribution is 2.39. The third-order valence-electron chi connectivity index (χ3n) is 3.09. The summed E-state index contributed by atoms with van der Waals surface area (Å²) in [4.78, 5) is 23.1. The monoisotopic (exact) mass is 234 g/mol. The first-order valence-corrected chi connectivity index (χ1v) is 5.54. The number of rotatable bonds is 2. The SMILES string of the molecule is CC(=O)C[C@H]1C[C@@H](O)c2c(O)cccc2C1=O. The van der Waals surface area contributed by atoms with Gasteiger partial charge in [-0.2, -0.15) is 0 Å². The average molecular weight is 234 g/mol. The number of hydrogen-bond acceptors (Lipinski definition) is 4. The first-order chi connectivity index (χ1) is 8.00. The molecule has 0 spiro atoms. The first-order valence-electron chi connectivity index (χ1n) is 5.54. The van der Waals surface area contributed by atoms with Crippen LogP contribution >= 0.6 is 0 Å². The van der Waals surface area contributed by atoms with Crippen molar-refractivity contribution >= 4 is 11.6 Å². The molecule has 0 amide bonds. The maximum Gasteiger partial charge on any atom is 0.167 e. The number of benzene rings is 1. The number of fused-ring (bicyclic) bond motifs is 1. The molecule has 1 aliphatic rings. The minimum absolute atomic E-state index is 0.0652. The molecule has 1 aromatic carbocycles. The number of aromatic hydroxyl groups is 1. The molecule has 4 heteroatoms. The molecule has 0 saturated heterocycles. The fourth-order valence-corrected chi connectivity index (χ4v) is 2.36. The fraction of sp³-hybridized carbons (Fsp3) is 0.385. The number of ketones is 2. The standard InChI is InChI=1S/C13H14O4/c1-7(14)5-8-6-11(16)12-9(13(8)17)3-2-4-10(12)15/h2-4,8,11,15-16H,5-6H2,1H3/t8-,11+/m0/s1. The molecule has 0 radical (unpaired) electrons. The number of Topliss-reactive ketones (excluding diaryl/α,β-unsaturated/α-hetero) is 2. The van der Waals surface area contributed by atoms with E-state index >= 15 is 0 Å². The Bertz CT molecular complexity index is 478. The van der Waals surface area contributed by atoms with Crippen molar-refractivity contribution in [2.75, 3.05) is 0 Å². The summed E-state index contributed by atoms with van der Waals surface area (Å²) in [7, 11) is 0. The van der Waals surface area contributed by atoms with E-state index < -0.39 is 12.0 Å². The van der Waals surface area contributed by atoms with Crippen molar-refractivity contribution < 1.29 is 19.8 Å². The van der Waals surface area contributed by atoms with Crippen LogP contribution in [0.4, 0.5) is 0 Å². The van der Waals surface area contributed by atoms with Crippen molar-refractivity contribution in [3.05, 3.63) is 29.3 Å². The molecule has 0 heterocycles. The number of hydrogen-bond donors (Lipinski definition) is 2. The Morgan fingerprint density at radius 3 is 2.82 bits per heavy atom. The fourth-order valence-electron chi connectivity index (χ4n) is 2.36. The predicted octanol–water partition coefficient (Wildman–Crippen LogP) is 1.61. The van der Waals surface area contributed by atoms with Gasteiger partial charge in [0.2, 0.25) is 0 Å². The van der Waals surface area contributed by atoms with Crippen LogP contribution in [-0.4, -0.2) is 21.8 Å². The van der Waals surface area contributed by atoms with Gasteiger partial charge in [-0.05, 0) is 19.4 Å². The van der Waals surface area contributed by atoms with Crippen LogP contribution in [0.3, 0.4) is 0 Å². The topological polar surface area (TPSA) is 74.6 Å². The molecule has 1 aliphatic carbocycles. The Morgan fingerprint density at radius 2 is 2.18 bits per heavy atom. The molecule has 0 bridgehead atoms. The summed E-state index contributed by atoms with van der Waals surface area (Å²) in [6, 6.07) is 4.59. The second kappa shape index (κ2) is 4.30. The quantitative estimate of drug-likeness (QED) is 0.815. The molecule has 2 N–H and O–H groups in total. The molecule has 90 valence electrons. The summed E-state index contributed by atoms with van der Waals surface area (Å²) in [6.07, 6.45) is -0.540. The molecule has 0 aromatic heterocycles. The Labute approximate surface area is 98.9 Å². The van der Waals surface area contributed by atoms with Crippen LogP contribution in [0.5, 0.6) is 5.75 Å². The van der Waals surface area contributed by atoms with Crippen molar-refractivity contribution in [2.24, 2.45) is 5.92 Å². The molecule has 2 atom stereocenters. The van der Waals surface area contributed by atoms with E-state index in [-0.39, 0.29) is 35.7 Å². The van der Waals surface area contributed by atoms with E-state index in [9.17, 15) is 19.8 Å². The third kappa shape index (κ3) is 2.08. The lowest BCUT2D eigenvalue weighted by Gasteiger charge is -2.27. The van der Waals surface area contributed by atoms with E-state index in [1.54, 1.807) is 12.1 Å². The summed E-state index contributed by atoms with van der Waals surface area (Å²) < 4.78 is 0. The summed E-state index contributed by atoms with van der Waals surface area (Å²) in [6.45, 7) is 1.43. The summed E-state index contributed by atoms with van der Waals surface area (Å²) >= 11 is 0. The normalized spacial score (nSPS) is 23.3. The largest absolute Gasteiger partial charge is 0.508 e. The van der Waals surface area contributed by atoms with Gasteiger partial charge in [0.1, 0.15) is 11.5 Å². The van der Waals surface area contributed by atoms with Crippen LogP contribution in [-0.2, 0) is 4.79 Å². The van der Waals surface area contributed by atoms with E-state index in [2.05, 4.69) is 0 Å². The Morgan fingerprint density at radius 1 is 1.47 bits per heavy atom. The Kier molecular flexibility index (Phi) is 2.98. The van der Waals surface area contributed by atoms with Gasteiger partial charge in [-0.3, -0.25) is 4.79 Å². The second-order valence-corrected chi connectivity index (χ2v) is 4.46. The van der Waals surface area contributed by atoms with Crippen molar-refractivity contribution in [3.63, 3.8) is 0 Å². The lowest BCUT2D eigenvalue weighted by atomic mass is 9.78. The predicted molar refractivity (Wildman–Crippen MR) is 60.8 cm³/mol. The highest BCUT2D eigenvalue weighted by molar-refractivity contribution is 6.02. The molecule has 0 aliphatic heterocycles. The maximum atomic E-state index is 12.1. The highest BCUT2D eigenvalue weighted by Gasteiger charge is 2.34. The van der Waals surface area contributed by atoms with E-state index in [4.69, 9.17) is 0 Å². The van der Waals surface area contributed by atoms with E-state index in [0.29, 0.717) is 5.56 Å². The first kappa shape index (κ1) is 11.8. The van der Waals surface area contributed by atoms with E-state index in [1.165, 1.54) is 13.0 Å². The lowest BCUT2D eigenvalue weighted by Crippen LogP contribution is -2.27. The van der Waals surface area contributed by atoms with Crippen LogP contribution in [0.15, 0.2) is 18.2 Å². The van der Waals surface area contributed by atoms with Crippen LogP contribution in [0, 0.1) is 5.92 Å². The summed E-state index contributed by atoms with van der Waals surface area (Å²) in [5.74, 6) is -0.781. The molecule has 0 fully saturated rings. The van der Waals surface area contributed by atoms with E-state index in [1.807, 2.05) is 0 Å². The average Bonchev–Trinajstić information content (AvgIpc) is 2.24. The van der Waals surface area contributed by atoms with Crippen molar-refractivity contribution in [3.8, 4) is 5.75 Å². The van der Waals surface area contributed by atoms with Gasteiger partial charge in [0, 0.05) is 23.5 Å². The molecule has 1 aromatic rings. The number of phenols is 1. The van der Waals surface area contributed by atoms with Gasteiger partial charge < -0.3 is 15.0 Å². The van der Waals surface area contributed by atoms with Gasteiger partial charge in [-0.15, -0.1) is 0 Å². The summed E-state index contributed by atoms with van der Waals surface area (Å²) in [5.41, 5.74) is 0.618. The third-order valence-corrected chi connectivity index (χ3v) is 3.09. The van der Waals surface area contributed by atoms with Crippen molar-refractivity contribution in [2.45, 2.75) is 25.9 Å². The minimum atomic E-state index is -0.881. The van der Waals surface area contributed by atoms with Gasteiger partial charge in [-0.1, -0.05) is 12.1 Å². The molecule has 0 unspecified atom stereocenters. The Hall–Kier alpha value is -1.68. The van der Waals surface area contributed by atoms with Gasteiger partial charge in [0.05, 0.1) is 6.10 Å². The van der Waals surface area contributed by atoms with Crippen molar-refractivity contribution in [1.29, 1.82) is 0 Å². The van der Waals surface area contributed by atoms with Crippen LogP contribution in [0.25, 0.3) is 0 Å². The molecule has 2 rings (SSSR count). The molecular weight excluding hydrogens is 220 g/mol. The van der Waals surface area contributed by atoms with Gasteiger partial charge in [0.25, 0.3) is 0 Å². The zero-order valence-corrected chi connectivity index (χ0v) is 9.51. The van der Waals surface area contributed by atoms with Crippen LogP contribution in [0.2, 0.25) is 0 Å². The van der Waals surface area contributed by atoms with Crippen molar-refractivity contribution in [1.82, 2.24) is 0 Å². The molecule has 17 heavy (non-hydrogen) atoms. The molecular formula is C13H14O4. The number of aliphatic hydroxyl groups is 1. The van der Waals surface area contributed by atoms with Gasteiger partial charge in [0.15, 0.2) is 5.78 Å². The minimum Gasteiger partial charge on any atom is -0.508 e. The molecule has 0 saturated carbocycles. The van der Waals surface area contributed by atoms with E-state index in [0.717, 1.165) is 0 Å². The second-order valence-electron chi connectivity index (χ2n) is 4.46.